The van der Waals surface area contributed by atoms with E-state index in [4.69, 9.17) is 4.74 Å². The molecule has 0 N–H and O–H groups in total. The van der Waals surface area contributed by atoms with Gasteiger partial charge in [-0.1, -0.05) is 11.8 Å². The van der Waals surface area contributed by atoms with Gasteiger partial charge in [-0.05, 0) is 48.5 Å². The van der Waals surface area contributed by atoms with E-state index in [0.717, 1.165) is 0 Å². The molecule has 0 aromatic rings. The Morgan fingerprint density at radius 1 is 1.18 bits per heavy atom. The predicted molar refractivity (Wildman–Crippen MR) is 70.7 cm³/mol. The standard InChI is InChI=1S/C14H25NO2/c1-11(2)15(12(3)4)13(16)17-10-8-9-14(5,6)7/h11-12H,10H2,1-7H3. The molecule has 0 bridgehead atoms. The van der Waals surface area contributed by atoms with Gasteiger partial charge >= 0.3 is 6.09 Å². The second-order valence-corrected chi connectivity index (χ2v) is 5.70. The first-order chi connectivity index (χ1) is 7.65. The maximum Gasteiger partial charge on any atom is 0.411 e. The third-order valence-electron chi connectivity index (χ3n) is 2.05. The van der Waals surface area contributed by atoms with Gasteiger partial charge < -0.3 is 9.64 Å². The van der Waals surface area contributed by atoms with E-state index in [-0.39, 0.29) is 30.2 Å². The van der Waals surface area contributed by atoms with Gasteiger partial charge in [0.1, 0.15) is 0 Å². The molecule has 0 radical (unpaired) electrons. The molecular formula is C14H25NO2. The summed E-state index contributed by atoms with van der Waals surface area (Å²) in [7, 11) is 0. The summed E-state index contributed by atoms with van der Waals surface area (Å²) < 4.78 is 5.14. The van der Waals surface area contributed by atoms with Crippen molar-refractivity contribution in [3.8, 4) is 11.8 Å². The summed E-state index contributed by atoms with van der Waals surface area (Å²) in [6.07, 6.45) is -0.293. The van der Waals surface area contributed by atoms with Gasteiger partial charge in [0, 0.05) is 17.5 Å². The lowest BCUT2D eigenvalue weighted by Crippen LogP contribution is -2.42. The summed E-state index contributed by atoms with van der Waals surface area (Å²) in [6.45, 7) is 14.1. The molecular weight excluding hydrogens is 214 g/mol. The molecule has 0 saturated heterocycles. The Labute approximate surface area is 106 Å². The molecule has 0 rings (SSSR count). The normalized spacial score (nSPS) is 11.1. The van der Waals surface area contributed by atoms with Crippen LogP contribution in [0, 0.1) is 17.3 Å². The molecule has 0 aromatic carbocycles. The van der Waals surface area contributed by atoms with Crippen LogP contribution in [0.1, 0.15) is 48.5 Å². The van der Waals surface area contributed by atoms with E-state index in [2.05, 4.69) is 11.8 Å². The number of ether oxygens (including phenoxy) is 1. The van der Waals surface area contributed by atoms with Gasteiger partial charge in [-0.25, -0.2) is 4.79 Å². The fourth-order valence-electron chi connectivity index (χ4n) is 1.49. The number of amides is 1. The van der Waals surface area contributed by atoms with Crippen LogP contribution < -0.4 is 0 Å². The van der Waals surface area contributed by atoms with Crippen molar-refractivity contribution in [2.24, 2.45) is 5.41 Å². The Morgan fingerprint density at radius 2 is 1.65 bits per heavy atom. The lowest BCUT2D eigenvalue weighted by Gasteiger charge is -2.29. The zero-order chi connectivity index (χ0) is 13.6. The third-order valence-corrected chi connectivity index (χ3v) is 2.05. The fraction of sp³-hybridized carbons (Fsp3) is 0.786. The van der Waals surface area contributed by atoms with Gasteiger partial charge in [0.25, 0.3) is 0 Å². The number of hydrogen-bond donors (Lipinski definition) is 0. The van der Waals surface area contributed by atoms with E-state index in [1.165, 1.54) is 0 Å². The largest absolute Gasteiger partial charge is 0.436 e. The Bertz CT molecular complexity index is 294. The molecule has 17 heavy (non-hydrogen) atoms. The molecule has 3 nitrogen and oxygen atoms in total. The maximum absolute atomic E-state index is 11.8. The summed E-state index contributed by atoms with van der Waals surface area (Å²) in [5.41, 5.74) is -0.0534. The minimum Gasteiger partial charge on any atom is -0.436 e. The van der Waals surface area contributed by atoms with Gasteiger partial charge in [0.2, 0.25) is 0 Å². The van der Waals surface area contributed by atoms with Crippen molar-refractivity contribution in [1.29, 1.82) is 0 Å². The summed E-state index contributed by atoms with van der Waals surface area (Å²) in [5, 5.41) is 0. The average Bonchev–Trinajstić information content (AvgIpc) is 2.09. The van der Waals surface area contributed by atoms with Crippen molar-refractivity contribution in [3.63, 3.8) is 0 Å². The van der Waals surface area contributed by atoms with E-state index in [1.807, 2.05) is 48.5 Å². The van der Waals surface area contributed by atoms with E-state index in [1.54, 1.807) is 4.90 Å². The zero-order valence-electron chi connectivity index (χ0n) is 12.1. The molecule has 0 aliphatic heterocycles. The van der Waals surface area contributed by atoms with Crippen LogP contribution in [0.25, 0.3) is 0 Å². The van der Waals surface area contributed by atoms with E-state index < -0.39 is 0 Å². The van der Waals surface area contributed by atoms with Crippen molar-refractivity contribution in [2.45, 2.75) is 60.5 Å². The Hall–Kier alpha value is -1.17. The third kappa shape index (κ3) is 6.88. The van der Waals surface area contributed by atoms with Crippen molar-refractivity contribution < 1.29 is 9.53 Å². The van der Waals surface area contributed by atoms with Gasteiger partial charge in [-0.2, -0.15) is 0 Å². The van der Waals surface area contributed by atoms with Crippen molar-refractivity contribution in [1.82, 2.24) is 4.90 Å². The summed E-state index contributed by atoms with van der Waals surface area (Å²) in [4.78, 5) is 13.5. The highest BCUT2D eigenvalue weighted by atomic mass is 16.6. The van der Waals surface area contributed by atoms with Crippen LogP contribution in [0.15, 0.2) is 0 Å². The number of carbonyl (C=O) groups is 1. The monoisotopic (exact) mass is 239 g/mol. The Balaban J connectivity index is 4.29. The summed E-state index contributed by atoms with van der Waals surface area (Å²) in [5.74, 6) is 5.90. The maximum atomic E-state index is 11.8. The van der Waals surface area contributed by atoms with Gasteiger partial charge in [0.05, 0.1) is 0 Å². The lowest BCUT2D eigenvalue weighted by molar-refractivity contribution is 0.0888. The van der Waals surface area contributed by atoms with Gasteiger partial charge in [-0.15, -0.1) is 0 Å². The summed E-state index contributed by atoms with van der Waals surface area (Å²) in [6, 6.07) is 0.274. The van der Waals surface area contributed by atoms with Crippen LogP contribution in [-0.4, -0.2) is 29.7 Å². The van der Waals surface area contributed by atoms with Crippen molar-refractivity contribution in [3.05, 3.63) is 0 Å². The van der Waals surface area contributed by atoms with E-state index in [0.29, 0.717) is 0 Å². The molecule has 0 aromatic heterocycles. The average molecular weight is 239 g/mol. The highest BCUT2D eigenvalue weighted by molar-refractivity contribution is 5.68. The van der Waals surface area contributed by atoms with Crippen LogP contribution in [0.2, 0.25) is 0 Å². The smallest absolute Gasteiger partial charge is 0.411 e. The van der Waals surface area contributed by atoms with Crippen LogP contribution in [-0.2, 0) is 4.74 Å². The van der Waals surface area contributed by atoms with Crippen LogP contribution >= 0.6 is 0 Å². The lowest BCUT2D eigenvalue weighted by atomic mass is 9.98. The fourth-order valence-corrected chi connectivity index (χ4v) is 1.49. The molecule has 0 spiro atoms. The highest BCUT2D eigenvalue weighted by Crippen LogP contribution is 2.10. The molecule has 0 heterocycles. The van der Waals surface area contributed by atoms with Crippen LogP contribution in [0.4, 0.5) is 4.79 Å². The molecule has 0 saturated carbocycles. The first-order valence-corrected chi connectivity index (χ1v) is 6.10. The first-order valence-electron chi connectivity index (χ1n) is 6.10. The second-order valence-electron chi connectivity index (χ2n) is 5.70. The number of carbonyl (C=O) groups excluding carboxylic acids is 1. The predicted octanol–water partition coefficient (Wildman–Crippen LogP) is 3.29. The Morgan fingerprint density at radius 3 is 2.00 bits per heavy atom. The molecule has 0 aliphatic rings. The molecule has 98 valence electrons. The van der Waals surface area contributed by atoms with Crippen molar-refractivity contribution >= 4 is 6.09 Å². The number of nitrogens with zero attached hydrogens (tertiary/aromatic N) is 1. The second kappa shape index (κ2) is 6.54. The van der Waals surface area contributed by atoms with Crippen LogP contribution in [0.3, 0.4) is 0 Å². The first kappa shape index (κ1) is 15.8. The minimum atomic E-state index is -0.293. The molecule has 3 heteroatoms. The van der Waals surface area contributed by atoms with E-state index >= 15 is 0 Å². The minimum absolute atomic E-state index is 0.0534. The van der Waals surface area contributed by atoms with Crippen molar-refractivity contribution in [2.75, 3.05) is 6.61 Å². The SMILES string of the molecule is CC(C)N(C(=O)OCC#CC(C)(C)C)C(C)C. The van der Waals surface area contributed by atoms with Crippen LogP contribution in [0.5, 0.6) is 0 Å². The number of hydrogen-bond acceptors (Lipinski definition) is 2. The summed E-state index contributed by atoms with van der Waals surface area (Å²) >= 11 is 0. The van der Waals surface area contributed by atoms with E-state index in [9.17, 15) is 4.79 Å². The Kier molecular flexibility index (Phi) is 6.09. The topological polar surface area (TPSA) is 29.5 Å². The van der Waals surface area contributed by atoms with Gasteiger partial charge in [-0.3, -0.25) is 0 Å². The zero-order valence-corrected chi connectivity index (χ0v) is 12.1. The molecule has 0 aliphatic carbocycles. The molecule has 0 atom stereocenters. The molecule has 0 unspecified atom stereocenters. The van der Waals surface area contributed by atoms with Gasteiger partial charge in [0.15, 0.2) is 6.61 Å². The molecule has 0 fully saturated rings. The number of rotatable bonds is 3. The quantitative estimate of drug-likeness (QED) is 0.707. The molecule has 1 amide bonds. The highest BCUT2D eigenvalue weighted by Gasteiger charge is 2.20.